The van der Waals surface area contributed by atoms with Crippen molar-refractivity contribution in [1.29, 1.82) is 0 Å². The van der Waals surface area contributed by atoms with Gasteiger partial charge >= 0.3 is 0 Å². The van der Waals surface area contributed by atoms with Crippen LogP contribution in [0, 0.1) is 10.1 Å². The van der Waals surface area contributed by atoms with E-state index < -0.39 is 11.0 Å². The Morgan fingerprint density at radius 3 is 2.83 bits per heavy atom. The number of likely N-dealkylation sites (N-methyl/N-ethyl adjacent to an activating group) is 1. The van der Waals surface area contributed by atoms with E-state index in [9.17, 15) is 15.2 Å². The summed E-state index contributed by atoms with van der Waals surface area (Å²) in [5.74, 6) is 0. The third kappa shape index (κ3) is 4.27. The van der Waals surface area contributed by atoms with Crippen LogP contribution in [0.15, 0.2) is 36.4 Å². The van der Waals surface area contributed by atoms with Gasteiger partial charge in [-0.3, -0.25) is 15.0 Å². The average molecular weight is 250 g/mol. The van der Waals surface area contributed by atoms with Crippen molar-refractivity contribution < 1.29 is 10.0 Å². The van der Waals surface area contributed by atoms with Crippen LogP contribution >= 0.6 is 0 Å². The second kappa shape index (κ2) is 6.28. The first kappa shape index (κ1) is 14.3. The maximum atomic E-state index is 10.6. The maximum absolute atomic E-state index is 10.6. The summed E-state index contributed by atoms with van der Waals surface area (Å²) in [5.41, 5.74) is 1.55. The number of hydrogen-bond acceptors (Lipinski definition) is 4. The standard InChI is InChI=1S/C13H18N2O3/c1-10(2)8-14(3)9-13(16)11-5-4-6-12(7-11)15(17)18/h4-7,13,16H,1,8-9H2,2-3H3. The molecule has 0 aliphatic rings. The van der Waals surface area contributed by atoms with Crippen LogP contribution in [0.5, 0.6) is 0 Å². The predicted molar refractivity (Wildman–Crippen MR) is 70.4 cm³/mol. The van der Waals surface area contributed by atoms with Crippen LogP contribution in [0.4, 0.5) is 5.69 Å². The van der Waals surface area contributed by atoms with Gasteiger partial charge < -0.3 is 5.11 Å². The molecular formula is C13H18N2O3. The van der Waals surface area contributed by atoms with Gasteiger partial charge in [0.05, 0.1) is 11.0 Å². The van der Waals surface area contributed by atoms with Crippen LogP contribution in [-0.4, -0.2) is 35.1 Å². The van der Waals surface area contributed by atoms with E-state index in [-0.39, 0.29) is 5.69 Å². The lowest BCUT2D eigenvalue weighted by Gasteiger charge is -2.20. The first-order chi connectivity index (χ1) is 8.40. The minimum Gasteiger partial charge on any atom is -0.387 e. The van der Waals surface area contributed by atoms with E-state index >= 15 is 0 Å². The molecule has 1 rings (SSSR count). The second-order valence-electron chi connectivity index (χ2n) is 4.52. The summed E-state index contributed by atoms with van der Waals surface area (Å²) in [7, 11) is 1.87. The smallest absolute Gasteiger partial charge is 0.269 e. The molecule has 0 saturated carbocycles. The van der Waals surface area contributed by atoms with Crippen LogP contribution in [0.25, 0.3) is 0 Å². The Morgan fingerprint density at radius 2 is 2.28 bits per heavy atom. The van der Waals surface area contributed by atoms with Crippen molar-refractivity contribution in [2.75, 3.05) is 20.1 Å². The van der Waals surface area contributed by atoms with Gasteiger partial charge in [0.2, 0.25) is 0 Å². The Kier molecular flexibility index (Phi) is 5.00. The van der Waals surface area contributed by atoms with Crippen molar-refractivity contribution in [1.82, 2.24) is 4.90 Å². The number of benzene rings is 1. The van der Waals surface area contributed by atoms with Gasteiger partial charge in [0.25, 0.3) is 5.69 Å². The Morgan fingerprint density at radius 1 is 1.61 bits per heavy atom. The molecule has 5 heteroatoms. The highest BCUT2D eigenvalue weighted by Gasteiger charge is 2.14. The van der Waals surface area contributed by atoms with Gasteiger partial charge in [-0.2, -0.15) is 0 Å². The molecule has 0 fully saturated rings. The topological polar surface area (TPSA) is 66.6 Å². The largest absolute Gasteiger partial charge is 0.387 e. The van der Waals surface area contributed by atoms with Crippen molar-refractivity contribution in [3.8, 4) is 0 Å². The summed E-state index contributed by atoms with van der Waals surface area (Å²) >= 11 is 0. The summed E-state index contributed by atoms with van der Waals surface area (Å²) in [5, 5.41) is 20.7. The fourth-order valence-corrected chi connectivity index (χ4v) is 1.77. The lowest BCUT2D eigenvalue weighted by Crippen LogP contribution is -2.26. The third-order valence-corrected chi connectivity index (χ3v) is 2.49. The SMILES string of the molecule is C=C(C)CN(C)CC(O)c1cccc([N+](=O)[O-])c1. The number of nitro benzene ring substituents is 1. The third-order valence-electron chi connectivity index (χ3n) is 2.49. The van der Waals surface area contributed by atoms with Crippen molar-refractivity contribution in [2.45, 2.75) is 13.0 Å². The van der Waals surface area contributed by atoms with Gasteiger partial charge in [-0.05, 0) is 19.5 Å². The molecule has 0 saturated heterocycles. The fourth-order valence-electron chi connectivity index (χ4n) is 1.77. The predicted octanol–water partition coefficient (Wildman–Crippen LogP) is 2.14. The van der Waals surface area contributed by atoms with E-state index in [1.54, 1.807) is 12.1 Å². The minimum atomic E-state index is -0.741. The summed E-state index contributed by atoms with van der Waals surface area (Å²) in [6.45, 7) is 6.81. The molecular weight excluding hydrogens is 232 g/mol. The number of nitrogens with zero attached hydrogens (tertiary/aromatic N) is 2. The van der Waals surface area contributed by atoms with E-state index in [0.717, 1.165) is 5.57 Å². The molecule has 5 nitrogen and oxygen atoms in total. The number of non-ortho nitro benzene ring substituents is 1. The van der Waals surface area contributed by atoms with Crippen molar-refractivity contribution in [3.05, 3.63) is 52.1 Å². The lowest BCUT2D eigenvalue weighted by atomic mass is 10.1. The first-order valence-electron chi connectivity index (χ1n) is 5.65. The van der Waals surface area contributed by atoms with Gasteiger partial charge in [-0.15, -0.1) is 0 Å². The molecule has 1 aromatic carbocycles. The molecule has 0 spiro atoms. The first-order valence-corrected chi connectivity index (χ1v) is 5.65. The van der Waals surface area contributed by atoms with Crippen LogP contribution < -0.4 is 0 Å². The van der Waals surface area contributed by atoms with Crippen molar-refractivity contribution >= 4 is 5.69 Å². The molecule has 1 aromatic rings. The molecule has 1 N–H and O–H groups in total. The summed E-state index contributed by atoms with van der Waals surface area (Å²) in [6, 6.07) is 6.08. The lowest BCUT2D eigenvalue weighted by molar-refractivity contribution is -0.385. The molecule has 98 valence electrons. The summed E-state index contributed by atoms with van der Waals surface area (Å²) < 4.78 is 0. The Bertz CT molecular complexity index is 446. The molecule has 0 aromatic heterocycles. The molecule has 0 heterocycles. The highest BCUT2D eigenvalue weighted by Crippen LogP contribution is 2.19. The number of rotatable bonds is 6. The summed E-state index contributed by atoms with van der Waals surface area (Å²) in [4.78, 5) is 12.1. The molecule has 0 aliphatic heterocycles. The minimum absolute atomic E-state index is 0.00546. The van der Waals surface area contributed by atoms with E-state index in [4.69, 9.17) is 0 Å². The van der Waals surface area contributed by atoms with Gasteiger partial charge in [-0.25, -0.2) is 0 Å². The molecule has 0 radical (unpaired) electrons. The Labute approximate surface area is 107 Å². The number of aliphatic hydroxyl groups is 1. The number of aliphatic hydroxyl groups excluding tert-OH is 1. The monoisotopic (exact) mass is 250 g/mol. The molecule has 1 atom stereocenters. The molecule has 1 unspecified atom stereocenters. The van der Waals surface area contributed by atoms with Crippen molar-refractivity contribution in [3.63, 3.8) is 0 Å². The molecule has 0 amide bonds. The number of hydrogen-bond donors (Lipinski definition) is 1. The van der Waals surface area contributed by atoms with Crippen LogP contribution in [0.3, 0.4) is 0 Å². The van der Waals surface area contributed by atoms with Gasteiger partial charge in [0.1, 0.15) is 0 Å². The fraction of sp³-hybridized carbons (Fsp3) is 0.385. The highest BCUT2D eigenvalue weighted by molar-refractivity contribution is 5.35. The normalized spacial score (nSPS) is 12.4. The van der Waals surface area contributed by atoms with Gasteiger partial charge in [0, 0.05) is 25.2 Å². The van der Waals surface area contributed by atoms with Gasteiger partial charge in [-0.1, -0.05) is 24.3 Å². The van der Waals surface area contributed by atoms with E-state index in [0.29, 0.717) is 18.7 Å². The van der Waals surface area contributed by atoms with Crippen molar-refractivity contribution in [2.24, 2.45) is 0 Å². The van der Waals surface area contributed by atoms with Crippen LogP contribution in [0.2, 0.25) is 0 Å². The zero-order valence-corrected chi connectivity index (χ0v) is 10.7. The molecule has 0 bridgehead atoms. The second-order valence-corrected chi connectivity index (χ2v) is 4.52. The number of nitro groups is 1. The highest BCUT2D eigenvalue weighted by atomic mass is 16.6. The average Bonchev–Trinajstić information content (AvgIpc) is 2.27. The van der Waals surface area contributed by atoms with Crippen LogP contribution in [0.1, 0.15) is 18.6 Å². The zero-order valence-electron chi connectivity index (χ0n) is 10.7. The summed E-state index contributed by atoms with van der Waals surface area (Å²) in [6.07, 6.45) is -0.741. The van der Waals surface area contributed by atoms with E-state index in [2.05, 4.69) is 6.58 Å². The van der Waals surface area contributed by atoms with Gasteiger partial charge in [0.15, 0.2) is 0 Å². The maximum Gasteiger partial charge on any atom is 0.269 e. The molecule has 18 heavy (non-hydrogen) atoms. The van der Waals surface area contributed by atoms with Crippen LogP contribution in [-0.2, 0) is 0 Å². The quantitative estimate of drug-likeness (QED) is 0.477. The molecule has 0 aliphatic carbocycles. The Hall–Kier alpha value is -1.72. The Balaban J connectivity index is 2.71. The van der Waals surface area contributed by atoms with E-state index in [1.165, 1.54) is 12.1 Å². The zero-order chi connectivity index (χ0) is 13.7. The van der Waals surface area contributed by atoms with E-state index in [1.807, 2.05) is 18.9 Å².